The first-order valence-corrected chi connectivity index (χ1v) is 9.98. The highest BCUT2D eigenvalue weighted by atomic mass is 79.9. The number of hydrogen-bond donors (Lipinski definition) is 0. The van der Waals surface area contributed by atoms with E-state index in [1.807, 2.05) is 47.2 Å². The lowest BCUT2D eigenvalue weighted by atomic mass is 10.2. The molecule has 0 saturated carbocycles. The van der Waals surface area contributed by atoms with Crippen molar-refractivity contribution in [2.24, 2.45) is 0 Å². The Labute approximate surface area is 173 Å². The number of rotatable bonds is 3. The summed E-state index contributed by atoms with van der Waals surface area (Å²) < 4.78 is 2.92. The first-order chi connectivity index (χ1) is 13.0. The molecule has 3 aromatic rings. The standard InChI is InChI=1S/C20H12BrClN2O2S/c21-13-3-1-4-16(11-13)23-10-2-5-17(23)12-18-19(25)24(20(26)27-18)15-8-6-14(22)7-9-15/h1-12H/b18-12+. The van der Waals surface area contributed by atoms with E-state index in [9.17, 15) is 9.59 Å². The van der Waals surface area contributed by atoms with Crippen LogP contribution in [0.5, 0.6) is 0 Å². The van der Waals surface area contributed by atoms with Crippen molar-refractivity contribution in [1.29, 1.82) is 0 Å². The average Bonchev–Trinajstić information content (AvgIpc) is 3.21. The number of amides is 2. The van der Waals surface area contributed by atoms with Crippen LogP contribution in [0.2, 0.25) is 5.02 Å². The second-order valence-corrected chi connectivity index (χ2v) is 8.12. The molecule has 134 valence electrons. The first kappa shape index (κ1) is 18.1. The van der Waals surface area contributed by atoms with Crippen LogP contribution in [0.1, 0.15) is 5.69 Å². The SMILES string of the molecule is O=C1S/C(=C/c2cccn2-c2cccc(Br)c2)C(=O)N1c1ccc(Cl)cc1. The molecule has 2 aromatic carbocycles. The van der Waals surface area contributed by atoms with Crippen molar-refractivity contribution in [3.8, 4) is 5.69 Å². The van der Waals surface area contributed by atoms with Gasteiger partial charge in [0.05, 0.1) is 10.6 Å². The zero-order chi connectivity index (χ0) is 19.0. The lowest BCUT2D eigenvalue weighted by molar-refractivity contribution is -0.113. The highest BCUT2D eigenvalue weighted by molar-refractivity contribution is 9.10. The Balaban J connectivity index is 1.68. The number of benzene rings is 2. The fraction of sp³-hybridized carbons (Fsp3) is 0. The number of aromatic nitrogens is 1. The third kappa shape index (κ3) is 3.60. The topological polar surface area (TPSA) is 42.3 Å². The molecule has 0 N–H and O–H groups in total. The molecular weight excluding hydrogens is 448 g/mol. The second kappa shape index (κ2) is 7.38. The Hall–Kier alpha value is -2.28. The van der Waals surface area contributed by atoms with Crippen molar-refractivity contribution < 1.29 is 9.59 Å². The summed E-state index contributed by atoms with van der Waals surface area (Å²) in [5.74, 6) is -0.339. The second-order valence-electron chi connectivity index (χ2n) is 5.78. The summed E-state index contributed by atoms with van der Waals surface area (Å²) in [6.07, 6.45) is 3.65. The number of hydrogen-bond acceptors (Lipinski definition) is 3. The molecule has 0 unspecified atom stereocenters. The summed E-state index contributed by atoms with van der Waals surface area (Å²) in [6.45, 7) is 0. The maximum absolute atomic E-state index is 12.8. The molecule has 0 aliphatic carbocycles. The van der Waals surface area contributed by atoms with E-state index in [-0.39, 0.29) is 11.1 Å². The van der Waals surface area contributed by atoms with Crippen molar-refractivity contribution >= 4 is 62.2 Å². The molecule has 4 nitrogen and oxygen atoms in total. The molecule has 1 aliphatic rings. The molecule has 1 fully saturated rings. The lowest BCUT2D eigenvalue weighted by Gasteiger charge is -2.12. The minimum absolute atomic E-state index is 0.325. The molecule has 1 saturated heterocycles. The highest BCUT2D eigenvalue weighted by Crippen LogP contribution is 2.36. The van der Waals surface area contributed by atoms with E-state index in [1.165, 1.54) is 4.90 Å². The number of imide groups is 1. The van der Waals surface area contributed by atoms with Crippen LogP contribution in [-0.4, -0.2) is 15.7 Å². The number of nitrogens with zero attached hydrogens (tertiary/aromatic N) is 2. The molecule has 4 rings (SSSR count). The van der Waals surface area contributed by atoms with Crippen molar-refractivity contribution in [1.82, 2.24) is 4.57 Å². The maximum Gasteiger partial charge on any atom is 0.298 e. The molecule has 2 heterocycles. The summed E-state index contributed by atoms with van der Waals surface area (Å²) >= 11 is 10.3. The van der Waals surface area contributed by atoms with Gasteiger partial charge < -0.3 is 4.57 Å². The van der Waals surface area contributed by atoms with Crippen LogP contribution in [0.25, 0.3) is 11.8 Å². The molecule has 0 radical (unpaired) electrons. The molecule has 1 aromatic heterocycles. The van der Waals surface area contributed by atoms with E-state index in [4.69, 9.17) is 11.6 Å². The predicted molar refractivity (Wildman–Crippen MR) is 113 cm³/mol. The van der Waals surface area contributed by atoms with E-state index >= 15 is 0 Å². The molecule has 0 atom stereocenters. The summed E-state index contributed by atoms with van der Waals surface area (Å²) in [5, 5.41) is 0.224. The van der Waals surface area contributed by atoms with Gasteiger partial charge in [-0.2, -0.15) is 0 Å². The molecule has 7 heteroatoms. The minimum atomic E-state index is -0.339. The van der Waals surface area contributed by atoms with Crippen LogP contribution >= 0.6 is 39.3 Å². The average molecular weight is 460 g/mol. The molecule has 2 amide bonds. The number of thioether (sulfide) groups is 1. The smallest absolute Gasteiger partial charge is 0.298 e. The van der Waals surface area contributed by atoms with Gasteiger partial charge in [0.25, 0.3) is 11.1 Å². The van der Waals surface area contributed by atoms with Gasteiger partial charge in [-0.1, -0.05) is 33.6 Å². The maximum atomic E-state index is 12.8. The summed E-state index contributed by atoms with van der Waals surface area (Å²) in [7, 11) is 0. The Bertz CT molecular complexity index is 1080. The number of anilines is 1. The van der Waals surface area contributed by atoms with Gasteiger partial charge in [-0.15, -0.1) is 0 Å². The largest absolute Gasteiger partial charge is 0.317 e. The van der Waals surface area contributed by atoms with Crippen LogP contribution in [0.3, 0.4) is 0 Å². The van der Waals surface area contributed by atoms with Crippen LogP contribution in [0.15, 0.2) is 76.2 Å². The third-order valence-corrected chi connectivity index (χ3v) is 5.64. The zero-order valence-electron chi connectivity index (χ0n) is 13.8. The van der Waals surface area contributed by atoms with E-state index < -0.39 is 0 Å². The van der Waals surface area contributed by atoms with E-state index in [0.717, 1.165) is 27.6 Å². The Morgan fingerprint density at radius 1 is 0.963 bits per heavy atom. The molecule has 0 spiro atoms. The van der Waals surface area contributed by atoms with E-state index in [0.29, 0.717) is 15.6 Å². The van der Waals surface area contributed by atoms with Crippen molar-refractivity contribution in [2.45, 2.75) is 0 Å². The number of carbonyl (C=O) groups excluding carboxylic acids is 2. The third-order valence-electron chi connectivity index (χ3n) is 4.02. The van der Waals surface area contributed by atoms with Gasteiger partial charge in [-0.25, -0.2) is 4.90 Å². The van der Waals surface area contributed by atoms with Crippen LogP contribution < -0.4 is 4.90 Å². The van der Waals surface area contributed by atoms with Gasteiger partial charge >= 0.3 is 0 Å². The van der Waals surface area contributed by atoms with E-state index in [2.05, 4.69) is 15.9 Å². The molecule has 27 heavy (non-hydrogen) atoms. The van der Waals surface area contributed by atoms with Gasteiger partial charge in [0, 0.05) is 27.1 Å². The first-order valence-electron chi connectivity index (χ1n) is 8.00. The van der Waals surface area contributed by atoms with Crippen molar-refractivity contribution in [3.63, 3.8) is 0 Å². The van der Waals surface area contributed by atoms with Crippen LogP contribution in [0.4, 0.5) is 10.5 Å². The van der Waals surface area contributed by atoms with Gasteiger partial charge in [0.15, 0.2) is 0 Å². The minimum Gasteiger partial charge on any atom is -0.317 e. The molecular formula is C20H12BrClN2O2S. The Morgan fingerprint density at radius 2 is 1.74 bits per heavy atom. The summed E-state index contributed by atoms with van der Waals surface area (Å²) in [5.41, 5.74) is 2.28. The van der Waals surface area contributed by atoms with Crippen LogP contribution in [-0.2, 0) is 4.79 Å². The summed E-state index contributed by atoms with van der Waals surface area (Å²) in [6, 6.07) is 18.3. The van der Waals surface area contributed by atoms with Crippen LogP contribution in [0, 0.1) is 0 Å². The fourth-order valence-electron chi connectivity index (χ4n) is 2.79. The molecule has 0 bridgehead atoms. The monoisotopic (exact) mass is 458 g/mol. The van der Waals surface area contributed by atoms with Crippen molar-refractivity contribution in [2.75, 3.05) is 4.90 Å². The van der Waals surface area contributed by atoms with Crippen molar-refractivity contribution in [3.05, 3.63) is 87.0 Å². The quantitative estimate of drug-likeness (QED) is 0.442. The number of carbonyl (C=O) groups is 2. The Kier molecular flexibility index (Phi) is 4.95. The van der Waals surface area contributed by atoms with Gasteiger partial charge in [-0.3, -0.25) is 9.59 Å². The number of halogens is 2. The van der Waals surface area contributed by atoms with Gasteiger partial charge in [0.2, 0.25) is 0 Å². The molecule has 1 aliphatic heterocycles. The Morgan fingerprint density at radius 3 is 2.48 bits per heavy atom. The highest BCUT2D eigenvalue weighted by Gasteiger charge is 2.36. The summed E-state index contributed by atoms with van der Waals surface area (Å²) in [4.78, 5) is 26.7. The van der Waals surface area contributed by atoms with E-state index in [1.54, 1.807) is 30.3 Å². The fourth-order valence-corrected chi connectivity index (χ4v) is 4.13. The van der Waals surface area contributed by atoms with Gasteiger partial charge in [-0.05, 0) is 72.4 Å². The van der Waals surface area contributed by atoms with Gasteiger partial charge in [0.1, 0.15) is 0 Å². The predicted octanol–water partition coefficient (Wildman–Crippen LogP) is 6.13. The lowest BCUT2D eigenvalue weighted by Crippen LogP contribution is -2.27. The zero-order valence-corrected chi connectivity index (χ0v) is 17.0. The normalized spacial score (nSPS) is 15.8.